The van der Waals surface area contributed by atoms with Gasteiger partial charge in [0.15, 0.2) is 6.10 Å². The minimum atomic E-state index is -0.912. The van der Waals surface area contributed by atoms with Gasteiger partial charge in [-0.3, -0.25) is 9.69 Å². The van der Waals surface area contributed by atoms with Gasteiger partial charge in [-0.25, -0.2) is 4.79 Å². The molecule has 0 aliphatic carbocycles. The second-order valence-electron chi connectivity index (χ2n) is 4.77. The standard InChI is InChI=1S/C17H22N2O4/c1-4-5-11-19(12-15-9-7-6-8-10-15)17(21)23-14(2)16(20)18-13-22-3/h6-10,14H,11-13H2,1-3H3,(H,18,20)/t14-/m1/s1. The van der Waals surface area contributed by atoms with Gasteiger partial charge < -0.3 is 14.8 Å². The average Bonchev–Trinajstić information content (AvgIpc) is 2.57. The molecule has 1 N–H and O–H groups in total. The van der Waals surface area contributed by atoms with E-state index >= 15 is 0 Å². The van der Waals surface area contributed by atoms with Gasteiger partial charge in [-0.05, 0) is 19.4 Å². The van der Waals surface area contributed by atoms with Crippen molar-refractivity contribution < 1.29 is 19.1 Å². The van der Waals surface area contributed by atoms with Gasteiger partial charge in [-0.15, -0.1) is 5.92 Å². The number of carbonyl (C=O) groups is 2. The van der Waals surface area contributed by atoms with Crippen LogP contribution in [0.1, 0.15) is 19.4 Å². The summed E-state index contributed by atoms with van der Waals surface area (Å²) >= 11 is 0. The fourth-order valence-electron chi connectivity index (χ4n) is 1.73. The van der Waals surface area contributed by atoms with Crippen molar-refractivity contribution in [2.75, 3.05) is 20.4 Å². The second-order valence-corrected chi connectivity index (χ2v) is 4.77. The molecular formula is C17H22N2O4. The van der Waals surface area contributed by atoms with Crippen molar-refractivity contribution in [1.29, 1.82) is 0 Å². The highest BCUT2D eigenvalue weighted by Crippen LogP contribution is 2.07. The van der Waals surface area contributed by atoms with Crippen LogP contribution in [0.15, 0.2) is 30.3 Å². The number of nitrogens with zero attached hydrogens (tertiary/aromatic N) is 1. The average molecular weight is 318 g/mol. The van der Waals surface area contributed by atoms with Crippen molar-refractivity contribution in [1.82, 2.24) is 10.2 Å². The number of hydrogen-bond donors (Lipinski definition) is 1. The molecule has 0 aromatic heterocycles. The van der Waals surface area contributed by atoms with Crippen LogP contribution >= 0.6 is 0 Å². The number of amides is 2. The molecule has 2 amide bonds. The van der Waals surface area contributed by atoms with Crippen molar-refractivity contribution in [3.8, 4) is 11.8 Å². The highest BCUT2D eigenvalue weighted by molar-refractivity contribution is 5.82. The number of rotatable bonds is 7. The van der Waals surface area contributed by atoms with Crippen LogP contribution < -0.4 is 5.32 Å². The first-order valence-electron chi connectivity index (χ1n) is 7.24. The molecule has 0 radical (unpaired) electrons. The Bertz CT molecular complexity index is 563. The Balaban J connectivity index is 2.67. The van der Waals surface area contributed by atoms with E-state index in [1.807, 2.05) is 30.3 Å². The zero-order valence-electron chi connectivity index (χ0n) is 13.7. The number of hydrogen-bond acceptors (Lipinski definition) is 4. The summed E-state index contributed by atoms with van der Waals surface area (Å²) in [5, 5.41) is 2.48. The normalized spacial score (nSPS) is 10.9. The summed E-state index contributed by atoms with van der Waals surface area (Å²) in [4.78, 5) is 25.4. The van der Waals surface area contributed by atoms with Crippen LogP contribution in [0.5, 0.6) is 0 Å². The first kappa shape index (κ1) is 18.5. The molecule has 1 atom stereocenters. The van der Waals surface area contributed by atoms with Gasteiger partial charge >= 0.3 is 6.09 Å². The highest BCUT2D eigenvalue weighted by Gasteiger charge is 2.21. The zero-order valence-corrected chi connectivity index (χ0v) is 13.7. The quantitative estimate of drug-likeness (QED) is 0.614. The molecule has 23 heavy (non-hydrogen) atoms. The molecule has 0 aliphatic heterocycles. The fourth-order valence-corrected chi connectivity index (χ4v) is 1.73. The Hall–Kier alpha value is -2.52. The molecule has 0 spiro atoms. The summed E-state index contributed by atoms with van der Waals surface area (Å²) in [6.07, 6.45) is -1.50. The summed E-state index contributed by atoms with van der Waals surface area (Å²) in [6.45, 7) is 3.87. The third-order valence-corrected chi connectivity index (χ3v) is 2.96. The summed E-state index contributed by atoms with van der Waals surface area (Å²) in [5.74, 6) is 5.17. The number of carbonyl (C=O) groups excluding carboxylic acids is 2. The number of methoxy groups -OCH3 is 1. The minimum Gasteiger partial charge on any atom is -0.436 e. The van der Waals surface area contributed by atoms with Gasteiger partial charge in [-0.1, -0.05) is 36.3 Å². The Morgan fingerprint density at radius 1 is 1.30 bits per heavy atom. The first-order chi connectivity index (χ1) is 11.1. The molecule has 124 valence electrons. The van der Waals surface area contributed by atoms with Crippen LogP contribution in [0.2, 0.25) is 0 Å². The molecule has 0 saturated carbocycles. The van der Waals surface area contributed by atoms with Crippen molar-refractivity contribution in [2.45, 2.75) is 26.5 Å². The van der Waals surface area contributed by atoms with E-state index in [-0.39, 0.29) is 13.3 Å². The van der Waals surface area contributed by atoms with Crippen LogP contribution in [0.4, 0.5) is 4.79 Å². The monoisotopic (exact) mass is 318 g/mol. The van der Waals surface area contributed by atoms with Crippen LogP contribution in [0.25, 0.3) is 0 Å². The van der Waals surface area contributed by atoms with Crippen LogP contribution in [0, 0.1) is 11.8 Å². The predicted octanol–water partition coefficient (Wildman–Crippen LogP) is 1.76. The molecule has 1 aromatic carbocycles. The lowest BCUT2D eigenvalue weighted by Gasteiger charge is -2.22. The molecule has 6 heteroatoms. The lowest BCUT2D eigenvalue weighted by Crippen LogP contribution is -2.40. The molecule has 0 heterocycles. The molecule has 0 fully saturated rings. The first-order valence-corrected chi connectivity index (χ1v) is 7.24. The number of nitrogens with one attached hydrogen (secondary N) is 1. The number of benzene rings is 1. The molecule has 0 aliphatic rings. The summed E-state index contributed by atoms with van der Waals surface area (Å²) in [7, 11) is 1.46. The van der Waals surface area contributed by atoms with E-state index in [1.54, 1.807) is 6.92 Å². The lowest BCUT2D eigenvalue weighted by atomic mass is 10.2. The Morgan fingerprint density at radius 2 is 2.00 bits per heavy atom. The molecule has 0 saturated heterocycles. The van der Waals surface area contributed by atoms with Gasteiger partial charge in [0.2, 0.25) is 0 Å². The third kappa shape index (κ3) is 6.85. The van der Waals surface area contributed by atoms with Crippen LogP contribution in [-0.2, 0) is 20.8 Å². The summed E-state index contributed by atoms with van der Waals surface area (Å²) < 4.78 is 9.94. The van der Waals surface area contributed by atoms with Crippen molar-refractivity contribution in [3.05, 3.63) is 35.9 Å². The maximum atomic E-state index is 12.3. The molecule has 0 bridgehead atoms. The van der Waals surface area contributed by atoms with Gasteiger partial charge in [0.05, 0.1) is 6.54 Å². The van der Waals surface area contributed by atoms with E-state index in [2.05, 4.69) is 17.2 Å². The Labute approximate surface area is 136 Å². The van der Waals surface area contributed by atoms with Gasteiger partial charge in [0.1, 0.15) is 6.73 Å². The maximum absolute atomic E-state index is 12.3. The van der Waals surface area contributed by atoms with Gasteiger partial charge in [0.25, 0.3) is 5.91 Å². The molecule has 1 aromatic rings. The van der Waals surface area contributed by atoms with E-state index in [0.717, 1.165) is 5.56 Å². The maximum Gasteiger partial charge on any atom is 0.411 e. The number of ether oxygens (including phenoxy) is 2. The molecular weight excluding hydrogens is 296 g/mol. The molecule has 1 rings (SSSR count). The van der Waals surface area contributed by atoms with E-state index in [0.29, 0.717) is 6.54 Å². The Kier molecular flexibility index (Phi) is 8.25. The smallest absolute Gasteiger partial charge is 0.411 e. The van der Waals surface area contributed by atoms with E-state index in [9.17, 15) is 9.59 Å². The van der Waals surface area contributed by atoms with Crippen LogP contribution in [-0.4, -0.2) is 43.4 Å². The van der Waals surface area contributed by atoms with Crippen molar-refractivity contribution in [3.63, 3.8) is 0 Å². The van der Waals surface area contributed by atoms with E-state index in [4.69, 9.17) is 9.47 Å². The predicted molar refractivity (Wildman–Crippen MR) is 86.3 cm³/mol. The third-order valence-electron chi connectivity index (χ3n) is 2.96. The van der Waals surface area contributed by atoms with Gasteiger partial charge in [-0.2, -0.15) is 0 Å². The van der Waals surface area contributed by atoms with Gasteiger partial charge in [0, 0.05) is 13.7 Å². The minimum absolute atomic E-state index is 0.0652. The van der Waals surface area contributed by atoms with Crippen LogP contribution in [0.3, 0.4) is 0 Å². The van der Waals surface area contributed by atoms with Crippen molar-refractivity contribution >= 4 is 12.0 Å². The highest BCUT2D eigenvalue weighted by atomic mass is 16.6. The van der Waals surface area contributed by atoms with E-state index in [1.165, 1.54) is 18.9 Å². The Morgan fingerprint density at radius 3 is 2.61 bits per heavy atom. The molecule has 6 nitrogen and oxygen atoms in total. The zero-order chi connectivity index (χ0) is 17.1. The van der Waals surface area contributed by atoms with E-state index < -0.39 is 18.1 Å². The summed E-state index contributed by atoms with van der Waals surface area (Å²) in [5.41, 5.74) is 0.957. The largest absolute Gasteiger partial charge is 0.436 e. The van der Waals surface area contributed by atoms with Crippen molar-refractivity contribution in [2.24, 2.45) is 0 Å². The SMILES string of the molecule is CC#CCN(Cc1ccccc1)C(=O)O[C@H](C)C(=O)NCOC. The molecule has 0 unspecified atom stereocenters. The fraction of sp³-hybridized carbons (Fsp3) is 0.412. The lowest BCUT2D eigenvalue weighted by molar-refractivity contribution is -0.130. The topological polar surface area (TPSA) is 67.9 Å². The second kappa shape index (κ2) is 10.2. The summed E-state index contributed by atoms with van der Waals surface area (Å²) in [6, 6.07) is 9.51.